The van der Waals surface area contributed by atoms with Gasteiger partial charge >= 0.3 is 0 Å². The van der Waals surface area contributed by atoms with Crippen LogP contribution < -0.4 is 21.3 Å². The van der Waals surface area contributed by atoms with Crippen LogP contribution in [0.1, 0.15) is 73.6 Å². The van der Waals surface area contributed by atoms with E-state index in [2.05, 4.69) is 33.9 Å². The molecule has 20 nitrogen and oxygen atoms in total. The number of thiol groups is 1. The minimum atomic E-state index is -1.15. The van der Waals surface area contributed by atoms with E-state index in [1.165, 1.54) is 55.6 Å². The minimum absolute atomic E-state index is 0.0528. The molecule has 314 valence electrons. The number of Topliss-reactive ketones (excluding diaryl/α,β-unsaturated/α-hetero) is 2. The number of likely N-dealkylation sites (tertiary alicyclic amines) is 1. The molecular weight excluding hydrogens is 769 g/mol. The summed E-state index contributed by atoms with van der Waals surface area (Å²) < 4.78 is 0. The van der Waals surface area contributed by atoms with E-state index < -0.39 is 112 Å². The molecule has 1 fully saturated rings. The van der Waals surface area contributed by atoms with Crippen molar-refractivity contribution in [3.63, 3.8) is 0 Å². The molecule has 0 aromatic carbocycles. The number of hydrazine groups is 1. The molecule has 0 spiro atoms. The summed E-state index contributed by atoms with van der Waals surface area (Å²) in [5.41, 5.74) is 0. The lowest BCUT2D eigenvalue weighted by atomic mass is 9.99. The summed E-state index contributed by atoms with van der Waals surface area (Å²) in [5, 5.41) is 11.1. The number of rotatable bonds is 20. The molecule has 2 rings (SSSR count). The highest BCUT2D eigenvalue weighted by molar-refractivity contribution is 7.81. The van der Waals surface area contributed by atoms with E-state index in [9.17, 15) is 57.5 Å². The van der Waals surface area contributed by atoms with Crippen LogP contribution in [0.2, 0.25) is 0 Å². The summed E-state index contributed by atoms with van der Waals surface area (Å²) in [6.45, 7) is 8.19. The van der Waals surface area contributed by atoms with Gasteiger partial charge in [-0.15, -0.1) is 0 Å². The SMILES string of the molecule is CC(CC(=O)C(C)NC(=O)CCN1C(=O)C=CC1=O)C(=O)NC(C)C(=O)N(C)N(C)C(=O)C(C)NC(=O)C(C)CC(=O)C(C)NC(=O)CCN1C(=O)CC(S)C1=O. The maximum Gasteiger partial charge on any atom is 0.263 e. The van der Waals surface area contributed by atoms with Gasteiger partial charge in [0, 0.05) is 83.3 Å². The van der Waals surface area contributed by atoms with E-state index in [0.29, 0.717) is 0 Å². The van der Waals surface area contributed by atoms with Crippen LogP contribution in [0.15, 0.2) is 12.2 Å². The Labute approximate surface area is 335 Å². The molecule has 10 amide bonds. The van der Waals surface area contributed by atoms with Crippen LogP contribution in [0.3, 0.4) is 0 Å². The summed E-state index contributed by atoms with van der Waals surface area (Å²) in [6.07, 6.45) is 1.11. The van der Waals surface area contributed by atoms with E-state index in [1.807, 2.05) is 0 Å². The molecule has 7 unspecified atom stereocenters. The molecule has 0 radical (unpaired) electrons. The van der Waals surface area contributed by atoms with Crippen molar-refractivity contribution in [1.29, 1.82) is 0 Å². The van der Waals surface area contributed by atoms with E-state index in [-0.39, 0.29) is 45.2 Å². The highest BCUT2D eigenvalue weighted by atomic mass is 32.1. The molecule has 7 atom stereocenters. The molecule has 0 saturated carbocycles. The molecule has 0 bridgehead atoms. The fourth-order valence-corrected chi connectivity index (χ4v) is 5.90. The zero-order valence-electron chi connectivity index (χ0n) is 33.3. The van der Waals surface area contributed by atoms with Gasteiger partial charge in [0.15, 0.2) is 11.6 Å². The van der Waals surface area contributed by atoms with Gasteiger partial charge in [0.2, 0.25) is 35.4 Å². The number of carbonyl (C=O) groups excluding carboxylic acids is 12. The number of imide groups is 2. The van der Waals surface area contributed by atoms with Crippen molar-refractivity contribution in [3.05, 3.63) is 12.2 Å². The molecule has 21 heteroatoms. The number of carbonyl (C=O) groups is 12. The molecule has 0 aromatic rings. The van der Waals surface area contributed by atoms with Crippen LogP contribution in [0.25, 0.3) is 0 Å². The molecule has 57 heavy (non-hydrogen) atoms. The Morgan fingerprint density at radius 3 is 1.35 bits per heavy atom. The van der Waals surface area contributed by atoms with Crippen LogP contribution >= 0.6 is 12.6 Å². The van der Waals surface area contributed by atoms with E-state index in [0.717, 1.165) is 32.0 Å². The lowest BCUT2D eigenvalue weighted by molar-refractivity contribution is -0.161. The molecule has 4 N–H and O–H groups in total. The fourth-order valence-electron chi connectivity index (χ4n) is 5.60. The molecule has 0 aromatic heterocycles. The number of ketones is 2. The monoisotopic (exact) mass is 820 g/mol. The standard InChI is InChI=1S/C36H52N8O12S/c1-18(15-24(45)20(3)37-27(47)11-13-43-29(49)9-10-30(43)50)32(52)39-22(5)34(54)41(7)42(8)35(55)23(6)40-33(53)19(2)16-25(46)21(4)38-28(48)12-14-44-31(51)17-26(57)36(44)56/h9-10,18-23,26,57H,11-17H2,1-8H3,(H,37,47)(H,38,48)(H,39,52)(H,40,53). The number of nitrogens with zero attached hydrogens (tertiary/aromatic N) is 4. The normalized spacial score (nSPS) is 18.2. The van der Waals surface area contributed by atoms with Crippen LogP contribution in [0.4, 0.5) is 0 Å². The predicted octanol–water partition coefficient (Wildman–Crippen LogP) is -2.21. The first-order valence-corrected chi connectivity index (χ1v) is 18.8. The smallest absolute Gasteiger partial charge is 0.263 e. The molecule has 0 aliphatic carbocycles. The summed E-state index contributed by atoms with van der Waals surface area (Å²) in [7, 11) is 2.55. The number of amides is 10. The summed E-state index contributed by atoms with van der Waals surface area (Å²) in [6, 6.07) is -4.27. The quantitative estimate of drug-likeness (QED) is 0.0498. The Kier molecular flexibility index (Phi) is 17.7. The van der Waals surface area contributed by atoms with Crippen molar-refractivity contribution in [3.8, 4) is 0 Å². The molecule has 1 saturated heterocycles. The first-order valence-electron chi connectivity index (χ1n) is 18.3. The predicted molar refractivity (Wildman–Crippen MR) is 203 cm³/mol. The maximum absolute atomic E-state index is 13.1. The first kappa shape index (κ1) is 47.7. The summed E-state index contributed by atoms with van der Waals surface area (Å²) >= 11 is 4.03. The maximum atomic E-state index is 13.1. The van der Waals surface area contributed by atoms with Crippen LogP contribution in [0, 0.1) is 11.8 Å². The zero-order valence-corrected chi connectivity index (χ0v) is 34.2. The van der Waals surface area contributed by atoms with Gasteiger partial charge in [0.05, 0.1) is 17.3 Å². The van der Waals surface area contributed by atoms with Gasteiger partial charge < -0.3 is 21.3 Å². The van der Waals surface area contributed by atoms with Crippen molar-refractivity contribution in [2.45, 2.75) is 103 Å². The van der Waals surface area contributed by atoms with Gasteiger partial charge in [0.1, 0.15) is 12.1 Å². The number of hydrogen-bond donors (Lipinski definition) is 5. The van der Waals surface area contributed by atoms with Crippen molar-refractivity contribution in [2.24, 2.45) is 11.8 Å². The van der Waals surface area contributed by atoms with Crippen LogP contribution in [-0.2, 0) is 57.5 Å². The Hall–Kier alpha value is -5.47. The van der Waals surface area contributed by atoms with Crippen LogP contribution in [-0.4, -0.2) is 147 Å². The third kappa shape index (κ3) is 13.6. The molecule has 2 heterocycles. The third-order valence-corrected chi connectivity index (χ3v) is 9.83. The Morgan fingerprint density at radius 1 is 0.632 bits per heavy atom. The van der Waals surface area contributed by atoms with Crippen LogP contribution in [0.5, 0.6) is 0 Å². The second-order valence-electron chi connectivity index (χ2n) is 14.2. The average molecular weight is 821 g/mol. The topological polar surface area (TPSA) is 266 Å². The number of nitrogens with one attached hydrogen (secondary N) is 4. The Balaban J connectivity index is 1.78. The number of likely N-dealkylation sites (N-methyl/N-ethyl adjacent to an activating group) is 2. The Morgan fingerprint density at radius 2 is 1.00 bits per heavy atom. The second kappa shape index (κ2) is 21.2. The summed E-state index contributed by atoms with van der Waals surface area (Å²) in [5.74, 6) is -8.65. The third-order valence-electron chi connectivity index (χ3n) is 9.42. The fraction of sp³-hybridized carbons (Fsp3) is 0.611. The van der Waals surface area contributed by atoms with Crippen molar-refractivity contribution < 1.29 is 57.5 Å². The van der Waals surface area contributed by atoms with Crippen molar-refractivity contribution >= 4 is 83.3 Å². The Bertz CT molecular complexity index is 1680. The average Bonchev–Trinajstić information content (AvgIpc) is 3.60. The molecular formula is C36H52N8O12S. The lowest BCUT2D eigenvalue weighted by Gasteiger charge is -2.32. The van der Waals surface area contributed by atoms with Gasteiger partial charge in [-0.05, 0) is 27.7 Å². The van der Waals surface area contributed by atoms with E-state index in [4.69, 9.17) is 0 Å². The largest absolute Gasteiger partial charge is 0.347 e. The highest BCUT2D eigenvalue weighted by Gasteiger charge is 2.36. The molecule has 2 aliphatic rings. The molecule has 2 aliphatic heterocycles. The summed E-state index contributed by atoms with van der Waals surface area (Å²) in [4.78, 5) is 151. The van der Waals surface area contributed by atoms with Crippen molar-refractivity contribution in [1.82, 2.24) is 41.1 Å². The lowest BCUT2D eigenvalue weighted by Crippen LogP contribution is -2.57. The highest BCUT2D eigenvalue weighted by Crippen LogP contribution is 2.18. The van der Waals surface area contributed by atoms with Gasteiger partial charge in [-0.3, -0.25) is 77.4 Å². The van der Waals surface area contributed by atoms with E-state index >= 15 is 0 Å². The van der Waals surface area contributed by atoms with Crippen molar-refractivity contribution in [2.75, 3.05) is 27.2 Å². The van der Waals surface area contributed by atoms with Gasteiger partial charge in [-0.25, -0.2) is 0 Å². The second-order valence-corrected chi connectivity index (χ2v) is 14.8. The van der Waals surface area contributed by atoms with E-state index in [1.54, 1.807) is 0 Å². The minimum Gasteiger partial charge on any atom is -0.347 e. The number of hydrogen-bond acceptors (Lipinski definition) is 13. The zero-order chi connectivity index (χ0) is 43.5. The van der Waals surface area contributed by atoms with Gasteiger partial charge in [0.25, 0.3) is 23.6 Å². The first-order chi connectivity index (χ1) is 26.5. The van der Waals surface area contributed by atoms with Gasteiger partial charge in [-0.1, -0.05) is 13.8 Å². The van der Waals surface area contributed by atoms with Gasteiger partial charge in [-0.2, -0.15) is 12.6 Å².